The SMILES string of the molecule is CC[C@H](NC(=O)OC(C)(C)C)C(=O)N[C@@H]1C(=O)N2[C@@H](CC[C@@H]1CNS(=O)(=O)c1ccc(C)cc1)CC[C@H]2C(=O)NC(c1ccccc1)c1ccccc1. The maximum absolute atomic E-state index is 14.7. The molecule has 2 aliphatic rings. The van der Waals surface area contributed by atoms with Gasteiger partial charge in [0.05, 0.1) is 10.9 Å². The average Bonchev–Trinajstić information content (AvgIpc) is 3.51. The smallest absolute Gasteiger partial charge is 0.408 e. The summed E-state index contributed by atoms with van der Waals surface area (Å²) in [5.74, 6) is -2.06. The quantitative estimate of drug-likeness (QED) is 0.208. The maximum atomic E-state index is 14.7. The third-order valence-corrected chi connectivity index (χ3v) is 11.2. The van der Waals surface area contributed by atoms with E-state index in [0.717, 1.165) is 16.7 Å². The lowest BCUT2D eigenvalue weighted by Crippen LogP contribution is -2.59. The van der Waals surface area contributed by atoms with Gasteiger partial charge in [-0.25, -0.2) is 17.9 Å². The highest BCUT2D eigenvalue weighted by atomic mass is 32.2. The molecular weight excluding hydrogens is 695 g/mol. The van der Waals surface area contributed by atoms with Gasteiger partial charge in [0.1, 0.15) is 23.7 Å². The van der Waals surface area contributed by atoms with Crippen molar-refractivity contribution >= 4 is 33.8 Å². The molecule has 5 rings (SSSR count). The van der Waals surface area contributed by atoms with Crippen molar-refractivity contribution < 1.29 is 32.3 Å². The van der Waals surface area contributed by atoms with Crippen LogP contribution in [0.2, 0.25) is 0 Å². The van der Waals surface area contributed by atoms with Crippen molar-refractivity contribution in [3.63, 3.8) is 0 Å². The second-order valence-corrected chi connectivity index (χ2v) is 16.6. The number of alkyl carbamates (subject to hydrolysis) is 1. The van der Waals surface area contributed by atoms with Crippen LogP contribution in [0.1, 0.15) is 82.5 Å². The molecule has 4 N–H and O–H groups in total. The largest absolute Gasteiger partial charge is 0.444 e. The van der Waals surface area contributed by atoms with Crippen LogP contribution in [0.5, 0.6) is 0 Å². The fourth-order valence-electron chi connectivity index (χ4n) is 7.05. The predicted octanol–water partition coefficient (Wildman–Crippen LogP) is 4.74. The summed E-state index contributed by atoms with van der Waals surface area (Å²) in [7, 11) is -3.95. The Morgan fingerprint density at radius 1 is 0.849 bits per heavy atom. The van der Waals surface area contributed by atoms with E-state index in [1.165, 1.54) is 12.1 Å². The third kappa shape index (κ3) is 10.0. The molecule has 4 amide bonds. The topological polar surface area (TPSA) is 163 Å². The molecule has 3 aromatic carbocycles. The number of hydrogen-bond acceptors (Lipinski definition) is 7. The minimum atomic E-state index is -3.95. The molecule has 0 bridgehead atoms. The number of ether oxygens (including phenoxy) is 1. The molecule has 0 radical (unpaired) electrons. The van der Waals surface area contributed by atoms with Crippen LogP contribution in [-0.4, -0.2) is 73.4 Å². The number of hydrogen-bond donors (Lipinski definition) is 4. The van der Waals surface area contributed by atoms with Gasteiger partial charge in [0, 0.05) is 18.5 Å². The standard InChI is InChI=1S/C40H51N5O7S/c1-6-32(42-39(49)52-40(3,4)5)36(46)44-35-29(25-41-53(50,51)31-22-17-26(2)18-23-31)19-20-30-21-24-33(45(30)38(35)48)37(47)43-34(27-13-9-7-10-14-27)28-15-11-8-12-16-28/h7-18,22-23,29-30,32-35,41H,6,19-21,24-25H2,1-5H3,(H,42,49)(H,43,47)(H,44,46)/t29-,30+,32+,33+,35+/m1/s1. The second-order valence-electron chi connectivity index (χ2n) is 14.9. The summed E-state index contributed by atoms with van der Waals surface area (Å²) in [6.07, 6.45) is 1.33. The first-order chi connectivity index (χ1) is 25.2. The van der Waals surface area contributed by atoms with Gasteiger partial charge in [-0.3, -0.25) is 14.4 Å². The number of sulfonamides is 1. The van der Waals surface area contributed by atoms with Gasteiger partial charge >= 0.3 is 6.09 Å². The molecule has 13 heteroatoms. The van der Waals surface area contributed by atoms with Crippen LogP contribution in [0, 0.1) is 12.8 Å². The van der Waals surface area contributed by atoms with E-state index in [4.69, 9.17) is 4.74 Å². The van der Waals surface area contributed by atoms with Crippen molar-refractivity contribution in [1.29, 1.82) is 0 Å². The Bertz CT molecular complexity index is 1810. The number of rotatable bonds is 12. The Labute approximate surface area is 312 Å². The number of amides is 4. The van der Waals surface area contributed by atoms with Crippen molar-refractivity contribution in [1.82, 2.24) is 25.6 Å². The van der Waals surface area contributed by atoms with E-state index in [0.29, 0.717) is 25.7 Å². The average molecular weight is 746 g/mol. The summed E-state index contributed by atoms with van der Waals surface area (Å²) in [5, 5.41) is 8.65. The number of carbonyl (C=O) groups excluding carboxylic acids is 4. The minimum absolute atomic E-state index is 0.0833. The Morgan fingerprint density at radius 3 is 2.00 bits per heavy atom. The van der Waals surface area contributed by atoms with E-state index in [1.54, 1.807) is 44.7 Å². The summed E-state index contributed by atoms with van der Waals surface area (Å²) in [6, 6.07) is 21.9. The molecule has 0 saturated carbocycles. The van der Waals surface area contributed by atoms with Gasteiger partial charge in [0.2, 0.25) is 27.7 Å². The summed E-state index contributed by atoms with van der Waals surface area (Å²) < 4.78 is 34.7. The molecular formula is C40H51N5O7S. The van der Waals surface area contributed by atoms with Crippen molar-refractivity contribution in [2.45, 2.75) is 107 Å². The van der Waals surface area contributed by atoms with Crippen molar-refractivity contribution in [2.75, 3.05) is 6.54 Å². The van der Waals surface area contributed by atoms with E-state index in [2.05, 4.69) is 20.7 Å². The van der Waals surface area contributed by atoms with Crippen LogP contribution in [0.15, 0.2) is 89.8 Å². The number of fused-ring (bicyclic) bond motifs is 1. The maximum Gasteiger partial charge on any atom is 0.408 e. The summed E-state index contributed by atoms with van der Waals surface area (Å²) in [6.45, 7) is 8.57. The van der Waals surface area contributed by atoms with Crippen LogP contribution in [0.3, 0.4) is 0 Å². The van der Waals surface area contributed by atoms with E-state index in [9.17, 15) is 27.6 Å². The predicted molar refractivity (Wildman–Crippen MR) is 201 cm³/mol. The number of nitrogens with one attached hydrogen (secondary N) is 4. The van der Waals surface area contributed by atoms with Gasteiger partial charge in [-0.05, 0) is 83.1 Å². The van der Waals surface area contributed by atoms with Gasteiger partial charge < -0.3 is 25.6 Å². The first-order valence-corrected chi connectivity index (χ1v) is 19.7. The van der Waals surface area contributed by atoms with Crippen LogP contribution in [0.4, 0.5) is 4.79 Å². The van der Waals surface area contributed by atoms with E-state index >= 15 is 0 Å². The van der Waals surface area contributed by atoms with Gasteiger partial charge in [-0.1, -0.05) is 85.3 Å². The van der Waals surface area contributed by atoms with Crippen molar-refractivity contribution in [3.8, 4) is 0 Å². The lowest BCUT2D eigenvalue weighted by atomic mass is 9.93. The monoisotopic (exact) mass is 745 g/mol. The molecule has 2 heterocycles. The molecule has 2 saturated heterocycles. The van der Waals surface area contributed by atoms with Crippen molar-refractivity contribution in [3.05, 3.63) is 102 Å². The molecule has 2 aliphatic heterocycles. The van der Waals surface area contributed by atoms with E-state index in [1.807, 2.05) is 67.6 Å². The summed E-state index contributed by atoms with van der Waals surface area (Å²) >= 11 is 0. The van der Waals surface area contributed by atoms with Crippen LogP contribution in [-0.2, 0) is 29.1 Å². The molecule has 3 aromatic rings. The number of carbonyl (C=O) groups is 4. The lowest BCUT2D eigenvalue weighted by Gasteiger charge is -2.33. The molecule has 53 heavy (non-hydrogen) atoms. The van der Waals surface area contributed by atoms with E-state index < -0.39 is 63.6 Å². The number of aryl methyl sites for hydroxylation is 1. The van der Waals surface area contributed by atoms with Crippen LogP contribution in [0.25, 0.3) is 0 Å². The molecule has 0 aromatic heterocycles. The third-order valence-electron chi connectivity index (χ3n) is 9.80. The zero-order chi connectivity index (χ0) is 38.3. The van der Waals surface area contributed by atoms with E-state index in [-0.39, 0.29) is 29.8 Å². The second kappa shape index (κ2) is 16.9. The normalized spacial score (nSPS) is 20.9. The highest BCUT2D eigenvalue weighted by Crippen LogP contribution is 2.35. The lowest BCUT2D eigenvalue weighted by molar-refractivity contribution is -0.143. The molecule has 2 fully saturated rings. The van der Waals surface area contributed by atoms with Gasteiger partial charge in [0.25, 0.3) is 0 Å². The Kier molecular flexibility index (Phi) is 12.6. The van der Waals surface area contributed by atoms with Crippen LogP contribution < -0.4 is 20.7 Å². The Morgan fingerprint density at radius 2 is 1.43 bits per heavy atom. The molecule has 0 spiro atoms. The highest BCUT2D eigenvalue weighted by molar-refractivity contribution is 7.89. The van der Waals surface area contributed by atoms with Gasteiger partial charge in [-0.15, -0.1) is 0 Å². The molecule has 0 unspecified atom stereocenters. The molecule has 12 nitrogen and oxygen atoms in total. The zero-order valence-corrected chi connectivity index (χ0v) is 31.8. The number of nitrogens with zero attached hydrogens (tertiary/aromatic N) is 1. The van der Waals surface area contributed by atoms with Gasteiger partial charge in [-0.2, -0.15) is 0 Å². The summed E-state index contributed by atoms with van der Waals surface area (Å²) in [5.41, 5.74) is 1.89. The zero-order valence-electron chi connectivity index (χ0n) is 31.0. The fourth-order valence-corrected chi connectivity index (χ4v) is 8.15. The molecule has 284 valence electrons. The first-order valence-electron chi connectivity index (χ1n) is 18.3. The van der Waals surface area contributed by atoms with Gasteiger partial charge in [0.15, 0.2) is 0 Å². The minimum Gasteiger partial charge on any atom is -0.444 e. The Balaban J connectivity index is 1.41. The van der Waals surface area contributed by atoms with Crippen LogP contribution >= 0.6 is 0 Å². The fraction of sp³-hybridized carbons (Fsp3) is 0.450. The van der Waals surface area contributed by atoms with Crippen molar-refractivity contribution in [2.24, 2.45) is 5.92 Å². The molecule has 5 atom stereocenters. The Hall–Kier alpha value is -4.75. The first kappa shape index (κ1) is 39.5. The number of benzene rings is 3. The highest BCUT2D eigenvalue weighted by Gasteiger charge is 2.48. The molecule has 0 aliphatic carbocycles. The summed E-state index contributed by atoms with van der Waals surface area (Å²) in [4.78, 5) is 57.0.